The Morgan fingerprint density at radius 1 is 1.26 bits per heavy atom. The number of nitrogens with zero attached hydrogens (tertiary/aromatic N) is 3. The third-order valence-electron chi connectivity index (χ3n) is 4.77. The highest BCUT2D eigenvalue weighted by atomic mass is 16.1. The van der Waals surface area contributed by atoms with Gasteiger partial charge in [-0.2, -0.15) is 10.1 Å². The molecule has 0 spiro atoms. The Kier molecular flexibility index (Phi) is 3.29. The average molecular weight is 308 g/mol. The lowest BCUT2D eigenvalue weighted by molar-refractivity contribution is -0.117. The van der Waals surface area contributed by atoms with Crippen LogP contribution >= 0.6 is 0 Å². The molecule has 2 aliphatic rings. The van der Waals surface area contributed by atoms with Gasteiger partial charge in [0.25, 0.3) is 0 Å². The number of rotatable bonds is 2. The Morgan fingerprint density at radius 3 is 2.78 bits per heavy atom. The molecule has 0 radical (unpaired) electrons. The lowest BCUT2D eigenvalue weighted by atomic mass is 9.81. The highest BCUT2D eigenvalue weighted by molar-refractivity contribution is 5.99. The van der Waals surface area contributed by atoms with Gasteiger partial charge in [-0.25, -0.2) is 4.68 Å². The first kappa shape index (κ1) is 14.2. The first-order chi connectivity index (χ1) is 11.2. The largest absolute Gasteiger partial charge is 0.328 e. The number of hydrogen-bond acceptors (Lipinski definition) is 4. The van der Waals surface area contributed by atoms with E-state index in [4.69, 9.17) is 0 Å². The molecule has 1 aromatic carbocycles. The normalized spacial score (nSPS) is 23.3. The van der Waals surface area contributed by atoms with Gasteiger partial charge in [-0.3, -0.25) is 4.79 Å². The maximum atomic E-state index is 12.7. The number of nitrogens with one attached hydrogen (secondary N) is 1. The quantitative estimate of drug-likeness (QED) is 0.926. The minimum atomic E-state index is -0.172. The summed E-state index contributed by atoms with van der Waals surface area (Å²) in [4.78, 5) is 17.0. The number of anilines is 1. The highest BCUT2D eigenvalue weighted by Crippen LogP contribution is 2.40. The number of allylic oxidation sites excluding steroid dienone is 2. The molecule has 1 aliphatic carbocycles. The first-order valence-electron chi connectivity index (χ1n) is 8.19. The lowest BCUT2D eigenvalue weighted by Gasteiger charge is -2.34. The van der Waals surface area contributed by atoms with Gasteiger partial charge in [-0.1, -0.05) is 38.1 Å². The molecule has 2 aromatic rings. The van der Waals surface area contributed by atoms with Crippen molar-refractivity contribution in [1.29, 1.82) is 0 Å². The fourth-order valence-electron chi connectivity index (χ4n) is 3.59. The van der Waals surface area contributed by atoms with Crippen molar-refractivity contribution >= 4 is 11.7 Å². The number of hydrogen-bond donors (Lipinski definition) is 1. The molecule has 5 nitrogen and oxygen atoms in total. The van der Waals surface area contributed by atoms with Crippen LogP contribution in [0.15, 0.2) is 41.9 Å². The van der Waals surface area contributed by atoms with Gasteiger partial charge in [0.1, 0.15) is 12.4 Å². The summed E-state index contributed by atoms with van der Waals surface area (Å²) >= 11 is 0. The number of ketones is 1. The van der Waals surface area contributed by atoms with Crippen molar-refractivity contribution in [3.8, 4) is 0 Å². The van der Waals surface area contributed by atoms with E-state index >= 15 is 0 Å². The molecule has 4 rings (SSSR count). The van der Waals surface area contributed by atoms with Crippen LogP contribution in [0.25, 0.3) is 0 Å². The Balaban J connectivity index is 1.85. The second kappa shape index (κ2) is 5.33. The molecule has 0 unspecified atom stereocenters. The Bertz CT molecular complexity index is 788. The number of Topliss-reactive ketones (excluding diaryl/α,β-unsaturated/α-hetero) is 1. The molecule has 0 bridgehead atoms. The summed E-state index contributed by atoms with van der Waals surface area (Å²) in [5, 5.41) is 7.67. The molecular formula is C18H20N4O. The standard InChI is InChI=1S/C18H20N4O/c1-3-12-4-6-13(7-5-12)17-16-14(8-11(2)9-15(16)23)21-18-19-10-20-22(17)18/h4-7,10-11,17H,3,8-9H2,1-2H3,(H,19,20,21)/t11-,17-/m1/s1. The van der Waals surface area contributed by atoms with Crippen molar-refractivity contribution in [3.05, 3.63) is 53.0 Å². The minimum Gasteiger partial charge on any atom is -0.328 e. The summed E-state index contributed by atoms with van der Waals surface area (Å²) in [5.41, 5.74) is 4.24. The second-order valence-corrected chi connectivity index (χ2v) is 6.48. The van der Waals surface area contributed by atoms with E-state index in [1.165, 1.54) is 5.56 Å². The maximum Gasteiger partial charge on any atom is 0.226 e. The molecular weight excluding hydrogens is 288 g/mol. The topological polar surface area (TPSA) is 59.8 Å². The van der Waals surface area contributed by atoms with Crippen molar-refractivity contribution in [2.24, 2.45) is 5.92 Å². The van der Waals surface area contributed by atoms with Gasteiger partial charge in [-0.15, -0.1) is 0 Å². The van der Waals surface area contributed by atoms with Gasteiger partial charge >= 0.3 is 0 Å². The van der Waals surface area contributed by atoms with Crippen molar-refractivity contribution in [1.82, 2.24) is 14.8 Å². The van der Waals surface area contributed by atoms with Crippen molar-refractivity contribution in [2.45, 2.75) is 39.2 Å². The highest BCUT2D eigenvalue weighted by Gasteiger charge is 2.37. The maximum absolute atomic E-state index is 12.7. The van der Waals surface area contributed by atoms with E-state index in [1.807, 2.05) is 4.68 Å². The lowest BCUT2D eigenvalue weighted by Crippen LogP contribution is -2.33. The van der Waals surface area contributed by atoms with E-state index in [9.17, 15) is 4.79 Å². The van der Waals surface area contributed by atoms with Crippen LogP contribution in [0.4, 0.5) is 5.95 Å². The fourth-order valence-corrected chi connectivity index (χ4v) is 3.59. The SMILES string of the molecule is CCc1ccc([C@@H]2C3=C(C[C@@H](C)CC3=O)Nc3ncnn32)cc1. The first-order valence-corrected chi connectivity index (χ1v) is 8.19. The molecule has 2 heterocycles. The van der Waals surface area contributed by atoms with E-state index in [0.717, 1.165) is 35.6 Å². The molecule has 1 aliphatic heterocycles. The van der Waals surface area contributed by atoms with Crippen LogP contribution in [0.1, 0.15) is 43.9 Å². The van der Waals surface area contributed by atoms with E-state index < -0.39 is 0 Å². The summed E-state index contributed by atoms with van der Waals surface area (Å²) < 4.78 is 1.83. The molecule has 0 saturated heterocycles. The number of aryl methyl sites for hydroxylation is 1. The van der Waals surface area contributed by atoms with Crippen molar-refractivity contribution in [3.63, 3.8) is 0 Å². The van der Waals surface area contributed by atoms with Gasteiger partial charge in [0.05, 0.1) is 0 Å². The number of carbonyl (C=O) groups excluding carboxylic acids is 1. The van der Waals surface area contributed by atoms with Crippen LogP contribution in [-0.4, -0.2) is 20.5 Å². The molecule has 0 amide bonds. The monoisotopic (exact) mass is 308 g/mol. The molecule has 5 heteroatoms. The van der Waals surface area contributed by atoms with E-state index in [1.54, 1.807) is 6.33 Å². The van der Waals surface area contributed by atoms with Gasteiger partial charge in [0.15, 0.2) is 5.78 Å². The summed E-state index contributed by atoms with van der Waals surface area (Å²) in [5.74, 6) is 1.30. The number of aromatic nitrogens is 3. The summed E-state index contributed by atoms with van der Waals surface area (Å²) in [6, 6.07) is 8.30. The average Bonchev–Trinajstić information content (AvgIpc) is 3.00. The molecule has 118 valence electrons. The third kappa shape index (κ3) is 2.27. The van der Waals surface area contributed by atoms with Gasteiger partial charge in [0.2, 0.25) is 5.95 Å². The minimum absolute atomic E-state index is 0.172. The smallest absolute Gasteiger partial charge is 0.226 e. The fraction of sp³-hybridized carbons (Fsp3) is 0.389. The molecule has 0 saturated carbocycles. The molecule has 1 aromatic heterocycles. The Hall–Kier alpha value is -2.43. The van der Waals surface area contributed by atoms with Crippen LogP contribution in [0.5, 0.6) is 0 Å². The number of fused-ring (bicyclic) bond motifs is 1. The Labute approximate surface area is 135 Å². The van der Waals surface area contributed by atoms with E-state index in [-0.39, 0.29) is 11.8 Å². The van der Waals surface area contributed by atoms with Crippen LogP contribution in [0, 0.1) is 5.92 Å². The van der Waals surface area contributed by atoms with Gasteiger partial charge in [-0.05, 0) is 29.9 Å². The van der Waals surface area contributed by atoms with Crippen molar-refractivity contribution < 1.29 is 4.79 Å². The van der Waals surface area contributed by atoms with Crippen LogP contribution in [0.3, 0.4) is 0 Å². The van der Waals surface area contributed by atoms with Crippen LogP contribution in [-0.2, 0) is 11.2 Å². The van der Waals surface area contributed by atoms with Crippen molar-refractivity contribution in [2.75, 3.05) is 5.32 Å². The molecule has 0 fully saturated rings. The number of benzene rings is 1. The van der Waals surface area contributed by atoms with Crippen LogP contribution in [0.2, 0.25) is 0 Å². The molecule has 1 N–H and O–H groups in total. The van der Waals surface area contributed by atoms with Gasteiger partial charge < -0.3 is 5.32 Å². The predicted molar refractivity (Wildman–Crippen MR) is 88.0 cm³/mol. The second-order valence-electron chi connectivity index (χ2n) is 6.48. The summed E-state index contributed by atoms with van der Waals surface area (Å²) in [6.45, 7) is 4.26. The van der Waals surface area contributed by atoms with E-state index in [2.05, 4.69) is 53.5 Å². The zero-order valence-corrected chi connectivity index (χ0v) is 13.4. The van der Waals surface area contributed by atoms with E-state index in [0.29, 0.717) is 12.3 Å². The Morgan fingerprint density at radius 2 is 2.04 bits per heavy atom. The zero-order valence-electron chi connectivity index (χ0n) is 13.4. The van der Waals surface area contributed by atoms with Crippen LogP contribution < -0.4 is 5.32 Å². The summed E-state index contributed by atoms with van der Waals surface area (Å²) in [7, 11) is 0. The summed E-state index contributed by atoms with van der Waals surface area (Å²) in [6.07, 6.45) is 4.04. The molecule has 2 atom stereocenters. The third-order valence-corrected chi connectivity index (χ3v) is 4.77. The van der Waals surface area contributed by atoms with Gasteiger partial charge in [0, 0.05) is 17.7 Å². The predicted octanol–water partition coefficient (Wildman–Crippen LogP) is 3.11. The molecule has 23 heavy (non-hydrogen) atoms. The zero-order chi connectivity index (χ0) is 16.0. The number of carbonyl (C=O) groups is 1.